The van der Waals surface area contributed by atoms with Crippen LogP contribution < -0.4 is 4.90 Å². The van der Waals surface area contributed by atoms with Gasteiger partial charge in [0.15, 0.2) is 0 Å². The van der Waals surface area contributed by atoms with E-state index in [9.17, 15) is 12.8 Å². The van der Waals surface area contributed by atoms with Crippen LogP contribution in [0.2, 0.25) is 0 Å². The smallest absolute Gasteiger partial charge is 0.244 e. The number of hydrogen-bond donors (Lipinski definition) is 0. The summed E-state index contributed by atoms with van der Waals surface area (Å²) in [7, 11) is -3.48. The Morgan fingerprint density at radius 2 is 1.68 bits per heavy atom. The number of hydrogen-bond acceptors (Lipinski definition) is 4. The number of nitrogens with zero attached hydrogens (tertiary/aromatic N) is 3. The molecule has 1 atom stereocenters. The van der Waals surface area contributed by atoms with Crippen LogP contribution in [0.25, 0.3) is 0 Å². The normalized spacial score (nSPS) is 22.8. The number of fused-ring (bicyclic) bond motifs is 1. The Labute approximate surface area is 166 Å². The van der Waals surface area contributed by atoms with Crippen LogP contribution in [0, 0.1) is 5.82 Å². The van der Waals surface area contributed by atoms with Gasteiger partial charge in [-0.05, 0) is 42.3 Å². The molecule has 0 bridgehead atoms. The number of rotatable bonds is 4. The van der Waals surface area contributed by atoms with Gasteiger partial charge >= 0.3 is 0 Å². The highest BCUT2D eigenvalue weighted by Crippen LogP contribution is 2.32. The molecule has 5 nitrogen and oxygen atoms in total. The summed E-state index contributed by atoms with van der Waals surface area (Å²) in [6.07, 6.45) is 1.36. The summed E-state index contributed by atoms with van der Waals surface area (Å²) in [5, 5.41) is 0. The van der Waals surface area contributed by atoms with E-state index in [1.54, 1.807) is 28.6 Å². The van der Waals surface area contributed by atoms with Crippen molar-refractivity contribution in [1.82, 2.24) is 9.21 Å². The first kappa shape index (κ1) is 19.4. The molecule has 2 heterocycles. The van der Waals surface area contributed by atoms with Gasteiger partial charge in [0.25, 0.3) is 0 Å². The average Bonchev–Trinajstić information content (AvgIpc) is 2.71. The molecule has 0 amide bonds. The van der Waals surface area contributed by atoms with Gasteiger partial charge in [-0.3, -0.25) is 4.90 Å². The van der Waals surface area contributed by atoms with Gasteiger partial charge in [0.2, 0.25) is 10.0 Å². The first-order valence-electron chi connectivity index (χ1n) is 9.85. The third-order valence-electron chi connectivity index (χ3n) is 5.67. The zero-order chi connectivity index (χ0) is 19.7. The molecule has 7 heteroatoms. The fourth-order valence-corrected chi connectivity index (χ4v) is 6.18. The van der Waals surface area contributed by atoms with E-state index in [0.29, 0.717) is 17.9 Å². The molecule has 150 valence electrons. The lowest BCUT2D eigenvalue weighted by atomic mass is 10.1. The van der Waals surface area contributed by atoms with Crippen LogP contribution in [0.15, 0.2) is 53.4 Å². The largest absolute Gasteiger partial charge is 0.369 e. The lowest BCUT2D eigenvalue weighted by Crippen LogP contribution is -2.59. The monoisotopic (exact) mass is 403 g/mol. The van der Waals surface area contributed by atoms with Gasteiger partial charge < -0.3 is 4.90 Å². The fraction of sp³-hybridized carbons (Fsp3) is 0.429. The molecule has 2 aliphatic heterocycles. The maximum atomic E-state index is 13.2. The van der Waals surface area contributed by atoms with Gasteiger partial charge in [0, 0.05) is 44.8 Å². The van der Waals surface area contributed by atoms with Crippen LogP contribution in [-0.2, 0) is 16.4 Å². The molecule has 28 heavy (non-hydrogen) atoms. The maximum Gasteiger partial charge on any atom is 0.244 e. The lowest BCUT2D eigenvalue weighted by Gasteiger charge is -2.46. The second kappa shape index (κ2) is 7.81. The summed E-state index contributed by atoms with van der Waals surface area (Å²) in [5.41, 5.74) is 1.91. The molecule has 0 aliphatic carbocycles. The number of halogens is 1. The minimum Gasteiger partial charge on any atom is -0.369 e. The van der Waals surface area contributed by atoms with Crippen molar-refractivity contribution in [3.05, 3.63) is 59.9 Å². The Morgan fingerprint density at radius 3 is 2.36 bits per heavy atom. The third kappa shape index (κ3) is 3.54. The maximum absolute atomic E-state index is 13.2. The Bertz CT molecular complexity index is 925. The molecule has 0 saturated carbocycles. The van der Waals surface area contributed by atoms with Gasteiger partial charge in [0.1, 0.15) is 5.82 Å². The third-order valence-corrected chi connectivity index (χ3v) is 7.66. The zero-order valence-corrected chi connectivity index (χ0v) is 16.9. The van der Waals surface area contributed by atoms with Gasteiger partial charge in [0.05, 0.1) is 11.1 Å². The number of piperazine rings is 1. The summed E-state index contributed by atoms with van der Waals surface area (Å²) in [6, 6.07) is 13.9. The van der Waals surface area contributed by atoms with Crippen molar-refractivity contribution in [3.8, 4) is 0 Å². The number of anilines is 1. The lowest BCUT2D eigenvalue weighted by molar-refractivity contribution is 0.0881. The minimum atomic E-state index is -3.48. The van der Waals surface area contributed by atoms with Gasteiger partial charge in [-0.1, -0.05) is 25.1 Å². The van der Waals surface area contributed by atoms with E-state index in [2.05, 4.69) is 9.80 Å². The predicted molar refractivity (Wildman–Crippen MR) is 108 cm³/mol. The van der Waals surface area contributed by atoms with Crippen molar-refractivity contribution in [1.29, 1.82) is 0 Å². The van der Waals surface area contributed by atoms with E-state index in [0.717, 1.165) is 43.9 Å². The Kier molecular flexibility index (Phi) is 5.40. The standard InChI is InChI=1S/C21H26FN3O2S/c1-2-11-25-21(16-17-5-3-4-6-20(17)28(25,26)27)24-14-12-23(13-15-24)19-9-7-18(22)8-10-19/h3-10,21H,2,11-16H2,1H3. The molecule has 0 N–H and O–H groups in total. The topological polar surface area (TPSA) is 43.9 Å². The molecule has 1 fully saturated rings. The Hall–Kier alpha value is -1.96. The van der Waals surface area contributed by atoms with E-state index in [1.165, 1.54) is 12.1 Å². The predicted octanol–water partition coefficient (Wildman–Crippen LogP) is 2.93. The van der Waals surface area contributed by atoms with Crippen molar-refractivity contribution in [2.45, 2.75) is 30.8 Å². The average molecular weight is 404 g/mol. The number of sulfonamides is 1. The fourth-order valence-electron chi connectivity index (χ4n) is 4.24. The van der Waals surface area contributed by atoms with Crippen molar-refractivity contribution in [2.24, 2.45) is 0 Å². The summed E-state index contributed by atoms with van der Waals surface area (Å²) < 4.78 is 41.3. The van der Waals surface area contributed by atoms with Crippen LogP contribution in [0.4, 0.5) is 10.1 Å². The SMILES string of the molecule is CCCN1C(N2CCN(c3ccc(F)cc3)CC2)Cc2ccccc2S1(=O)=O. The zero-order valence-electron chi connectivity index (χ0n) is 16.1. The molecule has 1 saturated heterocycles. The number of benzene rings is 2. The minimum absolute atomic E-state index is 0.143. The van der Waals surface area contributed by atoms with E-state index >= 15 is 0 Å². The van der Waals surface area contributed by atoms with Gasteiger partial charge in [-0.2, -0.15) is 4.31 Å². The van der Waals surface area contributed by atoms with Crippen LogP contribution >= 0.6 is 0 Å². The van der Waals surface area contributed by atoms with Gasteiger partial charge in [-0.25, -0.2) is 12.8 Å². The summed E-state index contributed by atoms with van der Waals surface area (Å²) >= 11 is 0. The summed E-state index contributed by atoms with van der Waals surface area (Å²) in [6.45, 7) is 5.69. The highest BCUT2D eigenvalue weighted by atomic mass is 32.2. The molecule has 0 spiro atoms. The van der Waals surface area contributed by atoms with Crippen molar-refractivity contribution in [3.63, 3.8) is 0 Å². The molecule has 0 radical (unpaired) electrons. The van der Waals surface area contributed by atoms with Crippen molar-refractivity contribution < 1.29 is 12.8 Å². The first-order chi connectivity index (χ1) is 13.5. The molecule has 0 aromatic heterocycles. The highest BCUT2D eigenvalue weighted by molar-refractivity contribution is 7.89. The highest BCUT2D eigenvalue weighted by Gasteiger charge is 2.41. The van der Waals surface area contributed by atoms with Crippen LogP contribution in [-0.4, -0.2) is 56.5 Å². The van der Waals surface area contributed by atoms with Crippen molar-refractivity contribution in [2.75, 3.05) is 37.6 Å². The quantitative estimate of drug-likeness (QED) is 0.787. The van der Waals surface area contributed by atoms with Crippen LogP contribution in [0.3, 0.4) is 0 Å². The molecule has 2 aromatic rings. The Morgan fingerprint density at radius 1 is 1.00 bits per heavy atom. The molecular formula is C21H26FN3O2S. The van der Waals surface area contributed by atoms with E-state index < -0.39 is 10.0 Å². The molecule has 4 rings (SSSR count). The summed E-state index contributed by atoms with van der Waals surface area (Å²) in [5.74, 6) is -0.233. The molecule has 2 aliphatic rings. The molecule has 1 unspecified atom stereocenters. The Balaban J connectivity index is 1.54. The van der Waals surface area contributed by atoms with Crippen LogP contribution in [0.5, 0.6) is 0 Å². The second-order valence-corrected chi connectivity index (χ2v) is 9.27. The van der Waals surface area contributed by atoms with Crippen LogP contribution in [0.1, 0.15) is 18.9 Å². The van der Waals surface area contributed by atoms with E-state index in [1.807, 2.05) is 19.1 Å². The van der Waals surface area contributed by atoms with Gasteiger partial charge in [-0.15, -0.1) is 0 Å². The molecular weight excluding hydrogens is 377 g/mol. The van der Waals surface area contributed by atoms with E-state index in [4.69, 9.17) is 0 Å². The molecule has 2 aromatic carbocycles. The summed E-state index contributed by atoms with van der Waals surface area (Å²) in [4.78, 5) is 4.96. The second-order valence-electron chi connectivity index (χ2n) is 7.41. The first-order valence-corrected chi connectivity index (χ1v) is 11.3. The van der Waals surface area contributed by atoms with E-state index in [-0.39, 0.29) is 12.0 Å². The van der Waals surface area contributed by atoms with Crippen molar-refractivity contribution >= 4 is 15.7 Å².